The van der Waals surface area contributed by atoms with Gasteiger partial charge in [0.05, 0.1) is 10.5 Å². The minimum atomic E-state index is -3.67. The molecule has 0 radical (unpaired) electrons. The zero-order valence-corrected chi connectivity index (χ0v) is 13.5. The first kappa shape index (κ1) is 16.8. The number of sulfonamides is 1. The Morgan fingerprint density at radius 1 is 1.47 bits per heavy atom. The molecule has 0 saturated heterocycles. The van der Waals surface area contributed by atoms with Crippen molar-refractivity contribution in [3.8, 4) is 0 Å². The molecular weight excluding hydrogens is 306 g/mol. The van der Waals surface area contributed by atoms with E-state index in [9.17, 15) is 13.5 Å². The van der Waals surface area contributed by atoms with Crippen molar-refractivity contribution in [2.45, 2.75) is 24.3 Å². The summed E-state index contributed by atoms with van der Waals surface area (Å²) in [7, 11) is -3.67. The normalized spacial score (nSPS) is 15.2. The van der Waals surface area contributed by atoms with Crippen molar-refractivity contribution in [2.24, 2.45) is 0 Å². The molecule has 1 aromatic carbocycles. The summed E-state index contributed by atoms with van der Waals surface area (Å²) in [5.74, 6) is 0.448. The summed E-state index contributed by atoms with van der Waals surface area (Å²) in [6.07, 6.45) is 1.85. The molecule has 0 aromatic heterocycles. The Labute approximate surface area is 123 Å². The van der Waals surface area contributed by atoms with E-state index in [0.717, 1.165) is 0 Å². The van der Waals surface area contributed by atoms with E-state index in [-0.39, 0.29) is 11.4 Å². The van der Waals surface area contributed by atoms with Gasteiger partial charge >= 0.3 is 0 Å². The summed E-state index contributed by atoms with van der Waals surface area (Å²) in [5.41, 5.74) is -0.472. The van der Waals surface area contributed by atoms with E-state index in [1.165, 1.54) is 17.8 Å². The summed E-state index contributed by atoms with van der Waals surface area (Å²) >= 11 is 7.27. The van der Waals surface area contributed by atoms with Crippen LogP contribution in [0, 0.1) is 6.92 Å². The largest absolute Gasteiger partial charge is 0.388 e. The van der Waals surface area contributed by atoms with Crippen molar-refractivity contribution in [2.75, 3.05) is 18.6 Å². The van der Waals surface area contributed by atoms with Gasteiger partial charge in [0.1, 0.15) is 0 Å². The summed E-state index contributed by atoms with van der Waals surface area (Å²) in [5, 5.41) is 10.3. The van der Waals surface area contributed by atoms with Gasteiger partial charge in [0.25, 0.3) is 0 Å². The summed E-state index contributed by atoms with van der Waals surface area (Å²) in [6, 6.07) is 4.69. The predicted molar refractivity (Wildman–Crippen MR) is 80.4 cm³/mol. The molecule has 0 unspecified atom stereocenters. The Hall–Kier alpha value is -0.270. The molecule has 1 aromatic rings. The van der Waals surface area contributed by atoms with Crippen LogP contribution in [0.3, 0.4) is 0 Å². The molecule has 1 atom stereocenters. The second-order valence-electron chi connectivity index (χ2n) is 4.66. The second-order valence-corrected chi connectivity index (χ2v) is 7.70. The Morgan fingerprint density at radius 3 is 2.68 bits per heavy atom. The van der Waals surface area contributed by atoms with E-state index in [4.69, 9.17) is 11.6 Å². The lowest BCUT2D eigenvalue weighted by molar-refractivity contribution is 0.0908. The highest BCUT2D eigenvalue weighted by Gasteiger charge is 2.24. The molecule has 0 bridgehead atoms. The number of thioether (sulfide) groups is 1. The van der Waals surface area contributed by atoms with Gasteiger partial charge in [-0.3, -0.25) is 0 Å². The van der Waals surface area contributed by atoms with Crippen LogP contribution in [0.15, 0.2) is 23.1 Å². The molecule has 0 aliphatic carbocycles. The molecule has 0 saturated carbocycles. The van der Waals surface area contributed by atoms with Gasteiger partial charge in [-0.2, -0.15) is 11.8 Å². The molecule has 0 fully saturated rings. The topological polar surface area (TPSA) is 66.4 Å². The van der Waals surface area contributed by atoms with E-state index in [2.05, 4.69) is 4.72 Å². The highest BCUT2D eigenvalue weighted by Crippen LogP contribution is 2.20. The highest BCUT2D eigenvalue weighted by molar-refractivity contribution is 7.98. The summed E-state index contributed by atoms with van der Waals surface area (Å²) < 4.78 is 26.8. The molecule has 0 heterocycles. The van der Waals surface area contributed by atoms with Crippen molar-refractivity contribution in [3.63, 3.8) is 0 Å². The smallest absolute Gasteiger partial charge is 0.240 e. The highest BCUT2D eigenvalue weighted by atomic mass is 35.5. The van der Waals surface area contributed by atoms with Gasteiger partial charge in [0, 0.05) is 17.3 Å². The zero-order valence-electron chi connectivity index (χ0n) is 11.1. The second kappa shape index (κ2) is 6.45. The first-order valence-electron chi connectivity index (χ1n) is 5.65. The lowest BCUT2D eigenvalue weighted by atomic mass is 10.1. The Morgan fingerprint density at radius 2 is 2.11 bits per heavy atom. The van der Waals surface area contributed by atoms with Gasteiger partial charge in [-0.1, -0.05) is 17.7 Å². The van der Waals surface area contributed by atoms with Crippen LogP contribution < -0.4 is 4.72 Å². The van der Waals surface area contributed by atoms with E-state index >= 15 is 0 Å². The molecule has 0 spiro atoms. The molecule has 108 valence electrons. The zero-order chi connectivity index (χ0) is 14.7. The third kappa shape index (κ3) is 4.96. The molecule has 0 aliphatic rings. The fourth-order valence-electron chi connectivity index (χ4n) is 1.55. The number of halogens is 1. The quantitative estimate of drug-likeness (QED) is 0.840. The lowest BCUT2D eigenvalue weighted by Crippen LogP contribution is -2.42. The summed E-state index contributed by atoms with van der Waals surface area (Å²) in [4.78, 5) is 0.139. The fraction of sp³-hybridized carbons (Fsp3) is 0.500. The van der Waals surface area contributed by atoms with Crippen LogP contribution in [0.25, 0.3) is 0 Å². The maximum Gasteiger partial charge on any atom is 0.240 e. The molecule has 2 N–H and O–H groups in total. The molecular formula is C12H18ClNO3S2. The van der Waals surface area contributed by atoms with Gasteiger partial charge in [0.2, 0.25) is 10.0 Å². The Bertz CT molecular complexity index is 544. The van der Waals surface area contributed by atoms with Gasteiger partial charge in [-0.25, -0.2) is 13.1 Å². The Kier molecular flexibility index (Phi) is 5.70. The molecule has 4 nitrogen and oxygen atoms in total. The van der Waals surface area contributed by atoms with Crippen LogP contribution in [0.5, 0.6) is 0 Å². The van der Waals surface area contributed by atoms with E-state index < -0.39 is 15.6 Å². The fourth-order valence-corrected chi connectivity index (χ4v) is 3.94. The van der Waals surface area contributed by atoms with Gasteiger partial charge in [-0.05, 0) is 37.8 Å². The molecule has 0 amide bonds. The van der Waals surface area contributed by atoms with Gasteiger partial charge in [-0.15, -0.1) is 0 Å². The maximum atomic E-state index is 12.2. The van der Waals surface area contributed by atoms with Crippen molar-refractivity contribution < 1.29 is 13.5 Å². The number of rotatable bonds is 6. The van der Waals surface area contributed by atoms with Crippen LogP contribution in [0.4, 0.5) is 0 Å². The maximum absolute atomic E-state index is 12.2. The molecule has 1 rings (SSSR count). The minimum Gasteiger partial charge on any atom is -0.388 e. The third-order valence-corrected chi connectivity index (χ3v) is 5.23. The van der Waals surface area contributed by atoms with Crippen LogP contribution in [-0.4, -0.2) is 37.7 Å². The first-order chi connectivity index (χ1) is 8.68. The number of hydrogen-bond acceptors (Lipinski definition) is 4. The van der Waals surface area contributed by atoms with Crippen LogP contribution in [0.1, 0.15) is 12.5 Å². The average molecular weight is 324 g/mol. The number of hydrogen-bond donors (Lipinski definition) is 2. The van der Waals surface area contributed by atoms with Crippen molar-refractivity contribution in [1.29, 1.82) is 0 Å². The molecule has 7 heteroatoms. The Balaban J connectivity index is 2.90. The van der Waals surface area contributed by atoms with Crippen molar-refractivity contribution in [1.82, 2.24) is 4.72 Å². The SMILES string of the molecule is CSC[C@](C)(O)CNS(=O)(=O)c1cc(Cl)ccc1C. The van der Waals surface area contributed by atoms with Crippen LogP contribution >= 0.6 is 23.4 Å². The lowest BCUT2D eigenvalue weighted by Gasteiger charge is -2.22. The minimum absolute atomic E-state index is 0.0396. The number of aliphatic hydroxyl groups is 1. The number of benzene rings is 1. The van der Waals surface area contributed by atoms with E-state index in [1.54, 1.807) is 26.0 Å². The first-order valence-corrected chi connectivity index (χ1v) is 8.90. The van der Waals surface area contributed by atoms with E-state index in [1.807, 2.05) is 6.26 Å². The number of nitrogens with one attached hydrogen (secondary N) is 1. The van der Waals surface area contributed by atoms with Crippen LogP contribution in [-0.2, 0) is 10.0 Å². The van der Waals surface area contributed by atoms with E-state index in [0.29, 0.717) is 16.3 Å². The van der Waals surface area contributed by atoms with Gasteiger partial charge in [0.15, 0.2) is 0 Å². The van der Waals surface area contributed by atoms with Gasteiger partial charge < -0.3 is 5.11 Å². The standard InChI is InChI=1S/C12H18ClNO3S2/c1-9-4-5-10(13)6-11(9)19(16,17)14-7-12(2,15)8-18-3/h4-6,14-15H,7-8H2,1-3H3/t12-/m1/s1. The molecule has 19 heavy (non-hydrogen) atoms. The predicted octanol–water partition coefficient (Wildman–Crippen LogP) is 2.04. The molecule has 0 aliphatic heterocycles. The summed E-state index contributed by atoms with van der Waals surface area (Å²) in [6.45, 7) is 3.25. The van der Waals surface area contributed by atoms with Crippen molar-refractivity contribution in [3.05, 3.63) is 28.8 Å². The third-order valence-electron chi connectivity index (χ3n) is 2.54. The van der Waals surface area contributed by atoms with Crippen LogP contribution in [0.2, 0.25) is 5.02 Å². The monoisotopic (exact) mass is 323 g/mol. The van der Waals surface area contributed by atoms with Crippen molar-refractivity contribution >= 4 is 33.4 Å². The average Bonchev–Trinajstić information content (AvgIpc) is 2.30. The number of aryl methyl sites for hydroxylation is 1.